The van der Waals surface area contributed by atoms with E-state index in [-0.39, 0.29) is 11.9 Å². The van der Waals surface area contributed by atoms with E-state index in [1.54, 1.807) is 0 Å². The van der Waals surface area contributed by atoms with Crippen LogP contribution in [0.3, 0.4) is 0 Å². The molecule has 3 aliphatic heterocycles. The van der Waals surface area contributed by atoms with Gasteiger partial charge in [-0.2, -0.15) is 0 Å². The van der Waals surface area contributed by atoms with Crippen LogP contribution in [0.1, 0.15) is 45.5 Å². The molecule has 2 saturated heterocycles. The molecule has 3 heterocycles. The molecule has 3 aliphatic rings. The summed E-state index contributed by atoms with van der Waals surface area (Å²) in [6.07, 6.45) is 2.17. The van der Waals surface area contributed by atoms with Crippen molar-refractivity contribution in [1.82, 2.24) is 14.7 Å². The van der Waals surface area contributed by atoms with Crippen LogP contribution >= 0.6 is 0 Å². The summed E-state index contributed by atoms with van der Waals surface area (Å²) in [7, 11) is 0. The average Bonchev–Trinajstić information content (AvgIpc) is 3.31. The fourth-order valence-electron chi connectivity index (χ4n) is 5.95. The lowest BCUT2D eigenvalue weighted by Gasteiger charge is -2.37. The first-order chi connectivity index (χ1) is 18.7. The van der Waals surface area contributed by atoms with Gasteiger partial charge in [0.25, 0.3) is 5.91 Å². The van der Waals surface area contributed by atoms with E-state index in [4.69, 9.17) is 9.47 Å². The van der Waals surface area contributed by atoms with Crippen molar-refractivity contribution in [3.8, 4) is 5.75 Å². The van der Waals surface area contributed by atoms with Gasteiger partial charge in [-0.15, -0.1) is 0 Å². The summed E-state index contributed by atoms with van der Waals surface area (Å²) in [4.78, 5) is 20.4. The smallest absolute Gasteiger partial charge is 0.254 e. The monoisotopic (exact) mass is 511 g/mol. The van der Waals surface area contributed by atoms with Gasteiger partial charge in [0.05, 0.1) is 19.8 Å². The fraction of sp³-hybridized carbons (Fsp3) is 0.406. The SMILES string of the molecule is O=C1c2cccc(OCc3ccc(CN4CCOCC4)cc3)c2CN1[C@H]1CCCN(Cc2ccccc2)C1. The summed E-state index contributed by atoms with van der Waals surface area (Å²) in [5.74, 6) is 0.970. The van der Waals surface area contributed by atoms with Gasteiger partial charge in [0.1, 0.15) is 12.4 Å². The molecule has 0 saturated carbocycles. The number of piperidine rings is 1. The topological polar surface area (TPSA) is 45.2 Å². The van der Waals surface area contributed by atoms with E-state index in [0.29, 0.717) is 13.2 Å². The minimum atomic E-state index is 0.143. The first-order valence-corrected chi connectivity index (χ1v) is 13.9. The minimum absolute atomic E-state index is 0.143. The molecule has 1 amide bonds. The van der Waals surface area contributed by atoms with Gasteiger partial charge in [-0.3, -0.25) is 14.6 Å². The van der Waals surface area contributed by atoms with Gasteiger partial charge in [0.2, 0.25) is 0 Å². The Labute approximate surface area is 225 Å². The Morgan fingerprint density at radius 1 is 0.789 bits per heavy atom. The fourth-order valence-corrected chi connectivity index (χ4v) is 5.95. The van der Waals surface area contributed by atoms with Crippen LogP contribution in [0.25, 0.3) is 0 Å². The third kappa shape index (κ3) is 5.78. The van der Waals surface area contributed by atoms with E-state index < -0.39 is 0 Å². The number of likely N-dealkylation sites (tertiary alicyclic amines) is 1. The zero-order valence-corrected chi connectivity index (χ0v) is 22.1. The summed E-state index contributed by atoms with van der Waals surface area (Å²) in [6.45, 7) is 8.65. The van der Waals surface area contributed by atoms with E-state index in [2.05, 4.69) is 69.3 Å². The van der Waals surface area contributed by atoms with Gasteiger partial charge >= 0.3 is 0 Å². The number of fused-ring (bicyclic) bond motifs is 1. The van der Waals surface area contributed by atoms with Gasteiger partial charge < -0.3 is 14.4 Å². The second kappa shape index (κ2) is 11.7. The number of nitrogens with zero attached hydrogens (tertiary/aromatic N) is 3. The predicted octanol–water partition coefficient (Wildman–Crippen LogP) is 4.72. The largest absolute Gasteiger partial charge is 0.489 e. The Morgan fingerprint density at radius 3 is 2.34 bits per heavy atom. The molecule has 6 nitrogen and oxygen atoms in total. The van der Waals surface area contributed by atoms with E-state index in [1.807, 2.05) is 18.2 Å². The van der Waals surface area contributed by atoms with E-state index in [9.17, 15) is 4.79 Å². The van der Waals surface area contributed by atoms with Crippen LogP contribution in [0, 0.1) is 0 Å². The van der Waals surface area contributed by atoms with E-state index in [0.717, 1.165) is 87.8 Å². The summed E-state index contributed by atoms with van der Waals surface area (Å²) < 4.78 is 11.7. The molecule has 198 valence electrons. The Hall–Kier alpha value is -3.19. The molecule has 38 heavy (non-hydrogen) atoms. The normalized spacial score (nSPS) is 20.5. The number of carbonyl (C=O) groups is 1. The molecule has 0 bridgehead atoms. The number of morpholine rings is 1. The molecule has 1 atom stereocenters. The number of benzene rings is 3. The lowest BCUT2D eigenvalue weighted by molar-refractivity contribution is 0.0342. The molecule has 3 aromatic carbocycles. The maximum atomic E-state index is 13.4. The van der Waals surface area contributed by atoms with Crippen molar-refractivity contribution < 1.29 is 14.3 Å². The number of carbonyl (C=O) groups excluding carboxylic acids is 1. The molecular weight excluding hydrogens is 474 g/mol. The first-order valence-electron chi connectivity index (χ1n) is 13.9. The van der Waals surface area contributed by atoms with Gasteiger partial charge in [-0.1, -0.05) is 60.7 Å². The third-order valence-corrected chi connectivity index (χ3v) is 8.05. The maximum Gasteiger partial charge on any atom is 0.254 e. The molecule has 0 N–H and O–H groups in total. The van der Waals surface area contributed by atoms with Crippen molar-refractivity contribution >= 4 is 5.91 Å². The first kappa shape index (κ1) is 25.1. The Bertz CT molecular complexity index is 1220. The number of ether oxygens (including phenoxy) is 2. The van der Waals surface area contributed by atoms with Crippen LogP contribution in [0.4, 0.5) is 0 Å². The van der Waals surface area contributed by atoms with Gasteiger partial charge in [-0.25, -0.2) is 0 Å². The van der Waals surface area contributed by atoms with Crippen molar-refractivity contribution in [3.05, 3.63) is 101 Å². The van der Waals surface area contributed by atoms with Crippen molar-refractivity contribution in [2.24, 2.45) is 0 Å². The summed E-state index contributed by atoms with van der Waals surface area (Å²) in [6, 6.07) is 25.5. The molecule has 0 radical (unpaired) electrons. The number of hydrogen-bond donors (Lipinski definition) is 0. The predicted molar refractivity (Wildman–Crippen MR) is 148 cm³/mol. The zero-order valence-electron chi connectivity index (χ0n) is 22.1. The Morgan fingerprint density at radius 2 is 1.53 bits per heavy atom. The number of amides is 1. The molecule has 0 aliphatic carbocycles. The van der Waals surface area contributed by atoms with Crippen LogP contribution in [-0.2, 0) is 31.0 Å². The van der Waals surface area contributed by atoms with Crippen molar-refractivity contribution in [1.29, 1.82) is 0 Å². The van der Waals surface area contributed by atoms with E-state index in [1.165, 1.54) is 11.1 Å². The lowest BCUT2D eigenvalue weighted by atomic mass is 10.0. The van der Waals surface area contributed by atoms with Gasteiger partial charge in [0, 0.05) is 49.9 Å². The highest BCUT2D eigenvalue weighted by Gasteiger charge is 2.36. The van der Waals surface area contributed by atoms with Crippen molar-refractivity contribution in [2.45, 2.75) is 45.1 Å². The summed E-state index contributed by atoms with van der Waals surface area (Å²) in [5.41, 5.74) is 5.60. The second-order valence-corrected chi connectivity index (χ2v) is 10.7. The summed E-state index contributed by atoms with van der Waals surface area (Å²) in [5, 5.41) is 0. The quantitative estimate of drug-likeness (QED) is 0.438. The van der Waals surface area contributed by atoms with Crippen molar-refractivity contribution in [2.75, 3.05) is 39.4 Å². The van der Waals surface area contributed by atoms with Crippen LogP contribution < -0.4 is 4.74 Å². The summed E-state index contributed by atoms with van der Waals surface area (Å²) >= 11 is 0. The molecule has 0 spiro atoms. The Kier molecular flexibility index (Phi) is 7.72. The highest BCUT2D eigenvalue weighted by Crippen LogP contribution is 2.34. The molecule has 0 aromatic heterocycles. The molecule has 6 rings (SSSR count). The maximum absolute atomic E-state index is 13.4. The number of hydrogen-bond acceptors (Lipinski definition) is 5. The second-order valence-electron chi connectivity index (χ2n) is 10.7. The molecule has 2 fully saturated rings. The third-order valence-electron chi connectivity index (χ3n) is 8.05. The molecule has 6 heteroatoms. The standard InChI is InChI=1S/C32H37N3O3/c36-32-29-9-4-10-31(38-24-27-13-11-26(12-14-27)20-33-16-18-37-19-17-33)30(29)23-35(32)28-8-5-15-34(22-28)21-25-6-2-1-3-7-25/h1-4,6-7,9-14,28H,5,8,15-24H2/t28-/m0/s1. The molecular formula is C32H37N3O3. The van der Waals surface area contributed by atoms with Crippen LogP contribution in [0.5, 0.6) is 5.75 Å². The molecule has 3 aromatic rings. The molecule has 0 unspecified atom stereocenters. The number of rotatable bonds is 8. The highest BCUT2D eigenvalue weighted by molar-refractivity contribution is 5.99. The van der Waals surface area contributed by atoms with E-state index >= 15 is 0 Å². The Balaban J connectivity index is 1.07. The van der Waals surface area contributed by atoms with Crippen LogP contribution in [0.2, 0.25) is 0 Å². The van der Waals surface area contributed by atoms with Gasteiger partial charge in [0.15, 0.2) is 0 Å². The lowest BCUT2D eigenvalue weighted by Crippen LogP contribution is -2.47. The highest BCUT2D eigenvalue weighted by atomic mass is 16.5. The van der Waals surface area contributed by atoms with Crippen LogP contribution in [0.15, 0.2) is 72.8 Å². The zero-order chi connectivity index (χ0) is 25.7. The minimum Gasteiger partial charge on any atom is -0.489 e. The van der Waals surface area contributed by atoms with Crippen LogP contribution in [-0.4, -0.2) is 66.0 Å². The average molecular weight is 512 g/mol. The van der Waals surface area contributed by atoms with Crippen molar-refractivity contribution in [3.63, 3.8) is 0 Å². The van der Waals surface area contributed by atoms with Gasteiger partial charge in [-0.05, 0) is 48.2 Å².